The first-order valence-corrected chi connectivity index (χ1v) is 9.99. The highest BCUT2D eigenvalue weighted by Gasteiger charge is 2.23. The van der Waals surface area contributed by atoms with Crippen molar-refractivity contribution in [1.29, 1.82) is 0 Å². The molecule has 0 aliphatic carbocycles. The first-order valence-electron chi connectivity index (χ1n) is 8.48. The Kier molecular flexibility index (Phi) is 5.54. The minimum absolute atomic E-state index is 0.414. The summed E-state index contributed by atoms with van der Waals surface area (Å²) in [6.07, 6.45) is 1.62. The van der Waals surface area contributed by atoms with Gasteiger partial charge in [0.1, 0.15) is 10.8 Å². The number of hydrogen-bond acceptors (Lipinski definition) is 3. The third-order valence-corrected chi connectivity index (χ3v) is 5.78. The number of halogens is 4. The first kappa shape index (κ1) is 20.2. The largest absolute Gasteiger partial charge is 0.493 e. The van der Waals surface area contributed by atoms with E-state index >= 15 is 0 Å². The van der Waals surface area contributed by atoms with Crippen molar-refractivity contribution in [3.05, 3.63) is 68.9 Å². The maximum Gasteiger partial charge on any atom is 0.161 e. The van der Waals surface area contributed by atoms with E-state index in [0.29, 0.717) is 54.0 Å². The van der Waals surface area contributed by atoms with Crippen LogP contribution in [0.3, 0.4) is 0 Å². The van der Waals surface area contributed by atoms with Crippen LogP contribution in [0.1, 0.15) is 0 Å². The first-order chi connectivity index (χ1) is 14.0. The van der Waals surface area contributed by atoms with Crippen LogP contribution < -0.4 is 9.47 Å². The van der Waals surface area contributed by atoms with Crippen LogP contribution in [0.4, 0.5) is 0 Å². The molecular formula is C21H14Cl4N2O2. The van der Waals surface area contributed by atoms with Crippen molar-refractivity contribution in [1.82, 2.24) is 9.55 Å². The summed E-state index contributed by atoms with van der Waals surface area (Å²) < 4.78 is 12.5. The molecule has 0 aliphatic heterocycles. The summed E-state index contributed by atoms with van der Waals surface area (Å²) in [5.74, 6) is 1.19. The second-order valence-electron chi connectivity index (χ2n) is 6.16. The van der Waals surface area contributed by atoms with Crippen molar-refractivity contribution in [2.45, 2.75) is 0 Å². The van der Waals surface area contributed by atoms with E-state index in [2.05, 4.69) is 4.98 Å². The van der Waals surface area contributed by atoms with Crippen LogP contribution in [0, 0.1) is 0 Å². The van der Waals surface area contributed by atoms with Crippen LogP contribution in [0.5, 0.6) is 11.5 Å². The van der Waals surface area contributed by atoms with Crippen LogP contribution >= 0.6 is 46.4 Å². The fraction of sp³-hybridized carbons (Fsp3) is 0.0952. The number of fused-ring (bicyclic) bond motifs is 1. The van der Waals surface area contributed by atoms with Gasteiger partial charge in [-0.05, 0) is 42.0 Å². The molecule has 0 bridgehead atoms. The van der Waals surface area contributed by atoms with E-state index in [-0.39, 0.29) is 0 Å². The highest BCUT2D eigenvalue weighted by atomic mass is 35.5. The van der Waals surface area contributed by atoms with Crippen molar-refractivity contribution in [3.63, 3.8) is 0 Å². The lowest BCUT2D eigenvalue weighted by Crippen LogP contribution is -1.96. The zero-order chi connectivity index (χ0) is 20.7. The van der Waals surface area contributed by atoms with E-state index in [1.54, 1.807) is 49.2 Å². The van der Waals surface area contributed by atoms with Crippen molar-refractivity contribution < 1.29 is 9.47 Å². The Hall–Kier alpha value is -2.11. The Balaban J connectivity index is 2.08. The van der Waals surface area contributed by atoms with Gasteiger partial charge in [0, 0.05) is 22.2 Å². The summed E-state index contributed by atoms with van der Waals surface area (Å²) in [7, 11) is 3.16. The van der Waals surface area contributed by atoms with Gasteiger partial charge in [-0.2, -0.15) is 0 Å². The molecule has 0 amide bonds. The predicted octanol–water partition coefficient (Wildman–Crippen LogP) is 7.32. The molecule has 4 nitrogen and oxygen atoms in total. The number of rotatable bonds is 4. The summed E-state index contributed by atoms with van der Waals surface area (Å²) in [4.78, 5) is 4.51. The van der Waals surface area contributed by atoms with E-state index < -0.39 is 0 Å². The second kappa shape index (κ2) is 7.96. The molecule has 0 spiro atoms. The summed E-state index contributed by atoms with van der Waals surface area (Å²) in [6.45, 7) is 0. The number of benzene rings is 2. The molecule has 4 aromatic rings. The lowest BCUT2D eigenvalue weighted by atomic mass is 10.1. The Labute approximate surface area is 187 Å². The summed E-state index contributed by atoms with van der Waals surface area (Å²) in [5, 5.41) is 2.61. The van der Waals surface area contributed by atoms with Crippen molar-refractivity contribution >= 4 is 57.4 Å². The fourth-order valence-corrected chi connectivity index (χ4v) is 4.38. The molecular weight excluding hydrogens is 454 g/mol. The van der Waals surface area contributed by atoms with Crippen molar-refractivity contribution in [3.8, 4) is 28.3 Å². The zero-order valence-corrected chi connectivity index (χ0v) is 18.4. The highest BCUT2D eigenvalue weighted by molar-refractivity contribution is 6.41. The SMILES string of the molecule is COc1ccc(-c2c(Cl)n(-c3ccc(Cl)cc3Cl)c3nccc(Cl)c23)cc1OC. The van der Waals surface area contributed by atoms with E-state index in [9.17, 15) is 0 Å². The Bertz CT molecular complexity index is 1240. The van der Waals surface area contributed by atoms with Gasteiger partial charge in [0.2, 0.25) is 0 Å². The normalized spacial score (nSPS) is 11.1. The number of hydrogen-bond donors (Lipinski definition) is 0. The van der Waals surface area contributed by atoms with Gasteiger partial charge in [-0.1, -0.05) is 52.5 Å². The minimum atomic E-state index is 0.414. The van der Waals surface area contributed by atoms with Crippen molar-refractivity contribution in [2.75, 3.05) is 14.2 Å². The molecule has 2 heterocycles. The highest BCUT2D eigenvalue weighted by Crippen LogP contribution is 2.45. The molecule has 0 saturated carbocycles. The van der Waals surface area contributed by atoms with E-state index in [4.69, 9.17) is 55.9 Å². The van der Waals surface area contributed by atoms with Crippen LogP contribution in [-0.2, 0) is 0 Å². The molecule has 0 radical (unpaired) electrons. The van der Waals surface area contributed by atoms with Gasteiger partial charge < -0.3 is 9.47 Å². The number of methoxy groups -OCH3 is 2. The molecule has 0 N–H and O–H groups in total. The lowest BCUT2D eigenvalue weighted by Gasteiger charge is -2.11. The molecule has 29 heavy (non-hydrogen) atoms. The maximum absolute atomic E-state index is 6.87. The quantitative estimate of drug-likeness (QED) is 0.315. The van der Waals surface area contributed by atoms with Gasteiger partial charge in [-0.25, -0.2) is 4.98 Å². The number of aromatic nitrogens is 2. The van der Waals surface area contributed by atoms with Gasteiger partial charge >= 0.3 is 0 Å². The van der Waals surface area contributed by atoms with Gasteiger partial charge in [-0.15, -0.1) is 0 Å². The summed E-state index contributed by atoms with van der Waals surface area (Å²) >= 11 is 26.0. The molecule has 2 aromatic carbocycles. The number of nitrogens with zero attached hydrogens (tertiary/aromatic N) is 2. The molecule has 2 aromatic heterocycles. The van der Waals surface area contributed by atoms with E-state index in [1.807, 2.05) is 18.2 Å². The van der Waals surface area contributed by atoms with Crippen LogP contribution in [0.25, 0.3) is 27.8 Å². The molecule has 8 heteroatoms. The van der Waals surface area contributed by atoms with Crippen LogP contribution in [0.15, 0.2) is 48.7 Å². The van der Waals surface area contributed by atoms with Crippen LogP contribution in [-0.4, -0.2) is 23.8 Å². The third kappa shape index (κ3) is 3.40. The molecule has 0 fully saturated rings. The standard InChI is InChI=1S/C21H14Cl4N2O2/c1-28-16-6-3-11(9-17(16)29-2)18-19-13(23)7-8-26-21(19)27(20(18)25)15-5-4-12(22)10-14(15)24/h3-10H,1-2H3. The topological polar surface area (TPSA) is 36.3 Å². The Morgan fingerprint density at radius 2 is 1.59 bits per heavy atom. The van der Waals surface area contributed by atoms with Gasteiger partial charge in [0.25, 0.3) is 0 Å². The average Bonchev–Trinajstić information content (AvgIpc) is 3.01. The smallest absolute Gasteiger partial charge is 0.161 e. The third-order valence-electron chi connectivity index (χ3n) is 4.57. The van der Waals surface area contributed by atoms with Gasteiger partial charge in [-0.3, -0.25) is 4.57 Å². The lowest BCUT2D eigenvalue weighted by molar-refractivity contribution is 0.355. The predicted molar refractivity (Wildman–Crippen MR) is 120 cm³/mol. The number of pyridine rings is 1. The molecule has 148 valence electrons. The monoisotopic (exact) mass is 466 g/mol. The molecule has 0 saturated heterocycles. The second-order valence-corrected chi connectivity index (χ2v) is 7.77. The van der Waals surface area contributed by atoms with Crippen molar-refractivity contribution in [2.24, 2.45) is 0 Å². The van der Waals surface area contributed by atoms with Gasteiger partial charge in [0.15, 0.2) is 11.5 Å². The van der Waals surface area contributed by atoms with Gasteiger partial charge in [0.05, 0.1) is 30.0 Å². The molecule has 4 rings (SSSR count). The molecule has 0 aliphatic rings. The summed E-state index contributed by atoms with van der Waals surface area (Å²) in [5.41, 5.74) is 2.74. The van der Waals surface area contributed by atoms with E-state index in [0.717, 1.165) is 5.56 Å². The van der Waals surface area contributed by atoms with E-state index in [1.165, 1.54) is 0 Å². The average molecular weight is 468 g/mol. The zero-order valence-electron chi connectivity index (χ0n) is 15.3. The maximum atomic E-state index is 6.87. The Morgan fingerprint density at radius 3 is 2.28 bits per heavy atom. The molecule has 0 atom stereocenters. The number of ether oxygens (including phenoxy) is 2. The molecule has 0 unspecified atom stereocenters. The van der Waals surface area contributed by atoms with Crippen LogP contribution in [0.2, 0.25) is 20.2 Å². The Morgan fingerprint density at radius 1 is 0.828 bits per heavy atom. The minimum Gasteiger partial charge on any atom is -0.493 e. The summed E-state index contributed by atoms with van der Waals surface area (Å²) in [6, 6.07) is 12.4. The fourth-order valence-electron chi connectivity index (χ4n) is 3.27.